The summed E-state index contributed by atoms with van der Waals surface area (Å²) in [5.74, 6) is 0.948. The summed E-state index contributed by atoms with van der Waals surface area (Å²) in [5, 5.41) is 4.32. The Morgan fingerprint density at radius 2 is 1.96 bits per heavy atom. The normalized spacial score (nSPS) is 16.2. The number of hydrogen-bond acceptors (Lipinski definition) is 3. The first kappa shape index (κ1) is 23.1. The highest BCUT2D eigenvalue weighted by Gasteiger charge is 2.34. The van der Waals surface area contributed by atoms with E-state index >= 15 is 0 Å². The molecule has 0 aliphatic carbocycles. The molecule has 2 aromatic rings. The fraction of sp³-hybridized carbons (Fsp3) is 0.350. The number of anilines is 1. The van der Waals surface area contributed by atoms with Gasteiger partial charge in [0.1, 0.15) is 5.75 Å². The Morgan fingerprint density at radius 3 is 2.61 bits per heavy atom. The average Bonchev–Trinajstić information content (AvgIpc) is 2.67. The number of methoxy groups -OCH3 is 1. The molecule has 28 heavy (non-hydrogen) atoms. The van der Waals surface area contributed by atoms with Crippen LogP contribution in [0.3, 0.4) is 0 Å². The van der Waals surface area contributed by atoms with Crippen LogP contribution in [0.1, 0.15) is 18.4 Å². The number of nitrogens with two attached hydrogens (primary N) is 1. The lowest BCUT2D eigenvalue weighted by molar-refractivity contribution is 0.0531. The quantitative estimate of drug-likeness (QED) is 0.318. The Morgan fingerprint density at radius 1 is 1.21 bits per heavy atom. The second kappa shape index (κ2) is 10.5. The minimum absolute atomic E-state index is 0. The summed E-state index contributed by atoms with van der Waals surface area (Å²) < 4.78 is 10.7. The van der Waals surface area contributed by atoms with Crippen LogP contribution in [0.15, 0.2) is 47.5 Å². The van der Waals surface area contributed by atoms with Gasteiger partial charge in [-0.2, -0.15) is 0 Å². The highest BCUT2D eigenvalue weighted by atomic mass is 127. The predicted molar refractivity (Wildman–Crippen MR) is 127 cm³/mol. The van der Waals surface area contributed by atoms with Crippen LogP contribution in [0.25, 0.3) is 0 Å². The lowest BCUT2D eigenvalue weighted by atomic mass is 9.74. The number of ether oxygens (including phenoxy) is 2. The highest BCUT2D eigenvalue weighted by molar-refractivity contribution is 14.0. The SMILES string of the molecule is COc1ccc(NC(N)=NCC2(c3cccc(Cl)c3)CCOCC2)cc1Cl.I. The van der Waals surface area contributed by atoms with Crippen molar-refractivity contribution in [2.24, 2.45) is 10.7 Å². The molecule has 0 spiro atoms. The number of guanidine groups is 1. The van der Waals surface area contributed by atoms with Crippen molar-refractivity contribution in [3.63, 3.8) is 0 Å². The minimum atomic E-state index is -0.132. The van der Waals surface area contributed by atoms with Gasteiger partial charge in [-0.15, -0.1) is 24.0 Å². The third kappa shape index (κ3) is 5.65. The summed E-state index contributed by atoms with van der Waals surface area (Å²) in [5.41, 5.74) is 7.91. The number of rotatable bonds is 5. The zero-order valence-electron chi connectivity index (χ0n) is 15.6. The van der Waals surface area contributed by atoms with Gasteiger partial charge in [0.15, 0.2) is 5.96 Å². The van der Waals surface area contributed by atoms with Crippen LogP contribution in [-0.2, 0) is 10.2 Å². The molecule has 0 unspecified atom stereocenters. The first-order valence-electron chi connectivity index (χ1n) is 8.77. The van der Waals surface area contributed by atoms with Crippen LogP contribution in [0.4, 0.5) is 5.69 Å². The maximum atomic E-state index is 6.21. The molecule has 3 rings (SSSR count). The summed E-state index contributed by atoms with van der Waals surface area (Å²) in [6, 6.07) is 13.3. The van der Waals surface area contributed by atoms with Crippen molar-refractivity contribution < 1.29 is 9.47 Å². The Kier molecular flexibility index (Phi) is 8.67. The molecule has 1 aliphatic heterocycles. The van der Waals surface area contributed by atoms with Crippen molar-refractivity contribution in [2.45, 2.75) is 18.3 Å². The smallest absolute Gasteiger partial charge is 0.193 e. The van der Waals surface area contributed by atoms with Crippen LogP contribution in [0.5, 0.6) is 5.75 Å². The van der Waals surface area contributed by atoms with E-state index in [1.807, 2.05) is 24.3 Å². The summed E-state index contributed by atoms with van der Waals surface area (Å²) in [6.07, 6.45) is 1.75. The van der Waals surface area contributed by atoms with Gasteiger partial charge < -0.3 is 20.5 Å². The van der Waals surface area contributed by atoms with Crippen molar-refractivity contribution >= 4 is 58.8 Å². The molecular weight excluding hydrogens is 512 g/mol. The van der Waals surface area contributed by atoms with Gasteiger partial charge in [0.25, 0.3) is 0 Å². The number of hydrogen-bond donors (Lipinski definition) is 2. The summed E-state index contributed by atoms with van der Waals surface area (Å²) in [4.78, 5) is 4.60. The lowest BCUT2D eigenvalue weighted by Gasteiger charge is -2.36. The molecule has 5 nitrogen and oxygen atoms in total. The van der Waals surface area contributed by atoms with E-state index in [-0.39, 0.29) is 29.4 Å². The molecule has 1 fully saturated rings. The second-order valence-electron chi connectivity index (χ2n) is 6.58. The summed E-state index contributed by atoms with van der Waals surface area (Å²) in [7, 11) is 1.58. The van der Waals surface area contributed by atoms with Crippen LogP contribution in [0, 0.1) is 0 Å². The van der Waals surface area contributed by atoms with E-state index in [1.54, 1.807) is 19.2 Å². The first-order valence-corrected chi connectivity index (χ1v) is 9.52. The Hall–Kier alpha value is -1.22. The van der Waals surface area contributed by atoms with E-state index in [0.717, 1.165) is 23.6 Å². The van der Waals surface area contributed by atoms with Crippen LogP contribution >= 0.6 is 47.2 Å². The van der Waals surface area contributed by atoms with Crippen molar-refractivity contribution in [3.8, 4) is 5.75 Å². The monoisotopic (exact) mass is 535 g/mol. The van der Waals surface area contributed by atoms with Gasteiger partial charge in [-0.3, -0.25) is 4.99 Å². The molecular formula is C20H24Cl2IN3O2. The van der Waals surface area contributed by atoms with E-state index in [9.17, 15) is 0 Å². The molecule has 0 bridgehead atoms. The van der Waals surface area contributed by atoms with E-state index in [0.29, 0.717) is 36.5 Å². The maximum absolute atomic E-state index is 6.21. The largest absolute Gasteiger partial charge is 0.495 e. The van der Waals surface area contributed by atoms with E-state index in [2.05, 4.69) is 16.4 Å². The van der Waals surface area contributed by atoms with Crippen molar-refractivity contribution in [2.75, 3.05) is 32.2 Å². The molecule has 2 aromatic carbocycles. The standard InChI is InChI=1S/C20H23Cl2N3O2.HI/c1-26-18-6-5-16(12-17(18)22)25-19(23)24-13-20(7-9-27-10-8-20)14-3-2-4-15(21)11-14;/h2-6,11-12H,7-10,13H2,1H3,(H3,23,24,25);1H. The molecule has 0 aromatic heterocycles. The van der Waals surface area contributed by atoms with Gasteiger partial charge in [0.2, 0.25) is 0 Å². The van der Waals surface area contributed by atoms with Gasteiger partial charge in [0.05, 0.1) is 18.7 Å². The van der Waals surface area contributed by atoms with E-state index < -0.39 is 0 Å². The first-order chi connectivity index (χ1) is 13.0. The van der Waals surface area contributed by atoms with Gasteiger partial charge in [-0.05, 0) is 48.7 Å². The number of nitrogens with zero attached hydrogens (tertiary/aromatic N) is 1. The highest BCUT2D eigenvalue weighted by Crippen LogP contribution is 2.36. The third-order valence-corrected chi connectivity index (χ3v) is 5.39. The minimum Gasteiger partial charge on any atom is -0.495 e. The number of nitrogens with one attached hydrogen (secondary N) is 1. The zero-order valence-corrected chi connectivity index (χ0v) is 19.4. The number of halogens is 3. The molecule has 0 saturated carbocycles. The van der Waals surface area contributed by atoms with Crippen LogP contribution in [0.2, 0.25) is 10.0 Å². The Bertz CT molecular complexity index is 827. The van der Waals surface area contributed by atoms with Gasteiger partial charge >= 0.3 is 0 Å². The summed E-state index contributed by atoms with van der Waals surface area (Å²) in [6.45, 7) is 1.95. The van der Waals surface area contributed by atoms with Gasteiger partial charge in [0, 0.05) is 29.3 Å². The average molecular weight is 536 g/mol. The molecule has 152 valence electrons. The summed E-state index contributed by atoms with van der Waals surface area (Å²) >= 11 is 12.4. The second-order valence-corrected chi connectivity index (χ2v) is 7.42. The zero-order chi connectivity index (χ0) is 19.3. The van der Waals surface area contributed by atoms with Crippen molar-refractivity contribution in [1.29, 1.82) is 0 Å². The molecule has 1 saturated heterocycles. The molecule has 1 heterocycles. The molecule has 0 radical (unpaired) electrons. The molecule has 0 atom stereocenters. The lowest BCUT2D eigenvalue weighted by Crippen LogP contribution is -2.38. The topological polar surface area (TPSA) is 68.9 Å². The molecule has 1 aliphatic rings. The van der Waals surface area contributed by atoms with E-state index in [1.165, 1.54) is 5.56 Å². The van der Waals surface area contributed by atoms with Gasteiger partial charge in [-0.1, -0.05) is 35.3 Å². The van der Waals surface area contributed by atoms with Gasteiger partial charge in [-0.25, -0.2) is 0 Å². The molecule has 8 heteroatoms. The number of aliphatic imine (C=N–C) groups is 1. The Labute approximate surface area is 192 Å². The molecule has 3 N–H and O–H groups in total. The number of benzene rings is 2. The van der Waals surface area contributed by atoms with Crippen LogP contribution < -0.4 is 15.8 Å². The van der Waals surface area contributed by atoms with Crippen LogP contribution in [-0.4, -0.2) is 32.8 Å². The fourth-order valence-electron chi connectivity index (χ4n) is 3.29. The predicted octanol–water partition coefficient (Wildman–Crippen LogP) is 5.10. The van der Waals surface area contributed by atoms with Crippen molar-refractivity contribution in [1.82, 2.24) is 0 Å². The Balaban J connectivity index is 0.00000280. The fourth-order valence-corrected chi connectivity index (χ4v) is 3.73. The molecule has 0 amide bonds. The van der Waals surface area contributed by atoms with E-state index in [4.69, 9.17) is 38.4 Å². The van der Waals surface area contributed by atoms with Crippen molar-refractivity contribution in [3.05, 3.63) is 58.1 Å². The third-order valence-electron chi connectivity index (χ3n) is 4.86. The maximum Gasteiger partial charge on any atom is 0.193 e.